The number of benzene rings is 1. The van der Waals surface area contributed by atoms with E-state index in [0.717, 1.165) is 29.9 Å². The van der Waals surface area contributed by atoms with Gasteiger partial charge in [0.1, 0.15) is 11.6 Å². The largest absolute Gasteiger partial charge is 0.349 e. The number of non-ortho nitro benzene ring substituents is 1. The van der Waals surface area contributed by atoms with Gasteiger partial charge in [-0.15, -0.1) is 0 Å². The fourth-order valence-corrected chi connectivity index (χ4v) is 2.71. The van der Waals surface area contributed by atoms with Gasteiger partial charge in [0.05, 0.1) is 4.92 Å². The number of aromatic nitrogens is 1. The molecule has 1 N–H and O–H groups in total. The van der Waals surface area contributed by atoms with Crippen LogP contribution in [-0.2, 0) is 11.3 Å². The molecular formula is C19H20N4O3. The number of hydrogen-bond donors (Lipinski definition) is 1. The number of amides is 1. The molecule has 0 saturated heterocycles. The first-order chi connectivity index (χ1) is 12.4. The fourth-order valence-electron chi connectivity index (χ4n) is 2.71. The minimum atomic E-state index is -0.554. The molecule has 1 amide bonds. The van der Waals surface area contributed by atoms with E-state index in [0.29, 0.717) is 5.69 Å². The Hall–Kier alpha value is -3.40. The van der Waals surface area contributed by atoms with Crippen molar-refractivity contribution in [3.05, 3.63) is 63.0 Å². The van der Waals surface area contributed by atoms with Crippen molar-refractivity contribution >= 4 is 23.4 Å². The maximum Gasteiger partial charge on any atom is 0.269 e. The Morgan fingerprint density at radius 2 is 2.00 bits per heavy atom. The smallest absolute Gasteiger partial charge is 0.269 e. The molecule has 0 aliphatic carbocycles. The molecule has 1 aromatic carbocycles. The summed E-state index contributed by atoms with van der Waals surface area (Å²) in [4.78, 5) is 22.5. The fraction of sp³-hybridized carbons (Fsp3) is 0.263. The Balaban J connectivity index is 2.23. The molecule has 7 heteroatoms. The SMILES string of the molecule is CCCn1c(C)cc(/C=C(\C#N)C(=O)Nc2ccc([N+](=O)[O-])cc2)c1C. The molecule has 2 rings (SSSR count). The highest BCUT2D eigenvalue weighted by molar-refractivity contribution is 6.09. The molecular weight excluding hydrogens is 332 g/mol. The lowest BCUT2D eigenvalue weighted by Crippen LogP contribution is -2.13. The number of nitrogens with zero attached hydrogens (tertiary/aromatic N) is 3. The van der Waals surface area contributed by atoms with Gasteiger partial charge in [-0.05, 0) is 50.1 Å². The topological polar surface area (TPSA) is 101 Å². The van der Waals surface area contributed by atoms with Crippen molar-refractivity contribution in [2.24, 2.45) is 0 Å². The molecule has 0 aliphatic heterocycles. The highest BCUT2D eigenvalue weighted by Crippen LogP contribution is 2.20. The average molecular weight is 352 g/mol. The minimum absolute atomic E-state index is 0.0277. The first-order valence-electron chi connectivity index (χ1n) is 8.21. The van der Waals surface area contributed by atoms with Crippen molar-refractivity contribution in [1.29, 1.82) is 5.26 Å². The molecule has 0 saturated carbocycles. The Labute approximate surface area is 151 Å². The van der Waals surface area contributed by atoms with E-state index in [9.17, 15) is 20.2 Å². The van der Waals surface area contributed by atoms with Gasteiger partial charge in [0.15, 0.2) is 0 Å². The molecule has 0 radical (unpaired) electrons. The first-order valence-corrected chi connectivity index (χ1v) is 8.21. The molecule has 0 atom stereocenters. The Bertz CT molecular complexity index is 902. The number of nitrogens with one attached hydrogen (secondary N) is 1. The number of nitro benzene ring substituents is 1. The van der Waals surface area contributed by atoms with Gasteiger partial charge in [-0.3, -0.25) is 14.9 Å². The van der Waals surface area contributed by atoms with Crippen LogP contribution in [0.1, 0.15) is 30.3 Å². The summed E-state index contributed by atoms with van der Waals surface area (Å²) in [6.45, 7) is 6.91. The van der Waals surface area contributed by atoms with Gasteiger partial charge in [-0.1, -0.05) is 6.92 Å². The first kappa shape index (κ1) is 18.9. The number of nitro groups is 1. The van der Waals surface area contributed by atoms with Gasteiger partial charge in [0.2, 0.25) is 0 Å². The van der Waals surface area contributed by atoms with Crippen LogP contribution < -0.4 is 5.32 Å². The maximum atomic E-state index is 12.4. The molecule has 0 unspecified atom stereocenters. The van der Waals surface area contributed by atoms with Crippen molar-refractivity contribution < 1.29 is 9.72 Å². The molecule has 2 aromatic rings. The summed E-state index contributed by atoms with van der Waals surface area (Å²) >= 11 is 0. The molecule has 134 valence electrons. The molecule has 26 heavy (non-hydrogen) atoms. The molecule has 0 aliphatic rings. The van der Waals surface area contributed by atoms with Crippen LogP contribution in [0.5, 0.6) is 0 Å². The zero-order chi connectivity index (χ0) is 19.3. The van der Waals surface area contributed by atoms with E-state index in [1.54, 1.807) is 6.08 Å². The van der Waals surface area contributed by atoms with E-state index >= 15 is 0 Å². The summed E-state index contributed by atoms with van der Waals surface area (Å²) < 4.78 is 2.15. The van der Waals surface area contributed by atoms with Gasteiger partial charge in [0.25, 0.3) is 11.6 Å². The van der Waals surface area contributed by atoms with Crippen LogP contribution in [0.15, 0.2) is 35.9 Å². The van der Waals surface area contributed by atoms with E-state index in [1.165, 1.54) is 24.3 Å². The Morgan fingerprint density at radius 3 is 2.54 bits per heavy atom. The second-order valence-corrected chi connectivity index (χ2v) is 5.91. The summed E-state index contributed by atoms with van der Waals surface area (Å²) in [7, 11) is 0. The van der Waals surface area contributed by atoms with Gasteiger partial charge >= 0.3 is 0 Å². The van der Waals surface area contributed by atoms with Crippen LogP contribution in [0.4, 0.5) is 11.4 Å². The van der Waals surface area contributed by atoms with Crippen LogP contribution in [-0.4, -0.2) is 15.4 Å². The lowest BCUT2D eigenvalue weighted by atomic mass is 10.1. The second kappa shape index (κ2) is 8.12. The van der Waals surface area contributed by atoms with Crippen molar-refractivity contribution in [2.45, 2.75) is 33.7 Å². The van der Waals surface area contributed by atoms with Gasteiger partial charge < -0.3 is 9.88 Å². The van der Waals surface area contributed by atoms with Gasteiger partial charge in [-0.25, -0.2) is 0 Å². The monoisotopic (exact) mass is 352 g/mol. The third kappa shape index (κ3) is 4.16. The maximum absolute atomic E-state index is 12.4. The van der Waals surface area contributed by atoms with Crippen LogP contribution in [0, 0.1) is 35.3 Å². The van der Waals surface area contributed by atoms with E-state index < -0.39 is 10.8 Å². The standard InChI is InChI=1S/C19H20N4O3/c1-4-9-22-13(2)10-15(14(22)3)11-16(12-20)19(24)21-17-5-7-18(8-6-17)23(25)26/h5-8,10-11H,4,9H2,1-3H3,(H,21,24)/b16-11+. The number of rotatable bonds is 6. The number of carbonyl (C=O) groups is 1. The van der Waals surface area contributed by atoms with E-state index in [1.807, 2.05) is 26.0 Å². The quantitative estimate of drug-likeness (QED) is 0.368. The average Bonchev–Trinajstić information content (AvgIpc) is 2.87. The summed E-state index contributed by atoms with van der Waals surface area (Å²) in [5.41, 5.74) is 3.19. The summed E-state index contributed by atoms with van der Waals surface area (Å²) in [6, 6.07) is 9.31. The summed E-state index contributed by atoms with van der Waals surface area (Å²) in [5.74, 6) is -0.554. The van der Waals surface area contributed by atoms with Crippen LogP contribution in [0.25, 0.3) is 6.08 Å². The molecule has 1 aromatic heterocycles. The normalized spacial score (nSPS) is 11.1. The van der Waals surface area contributed by atoms with E-state index in [4.69, 9.17) is 0 Å². The molecule has 0 spiro atoms. The Kier molecular flexibility index (Phi) is 5.91. The number of hydrogen-bond acceptors (Lipinski definition) is 4. The lowest BCUT2D eigenvalue weighted by molar-refractivity contribution is -0.384. The lowest BCUT2D eigenvalue weighted by Gasteiger charge is -2.07. The predicted octanol–water partition coefficient (Wildman–Crippen LogP) is 3.97. The van der Waals surface area contributed by atoms with E-state index in [-0.39, 0.29) is 11.3 Å². The predicted molar refractivity (Wildman–Crippen MR) is 99.5 cm³/mol. The van der Waals surface area contributed by atoms with Crippen molar-refractivity contribution in [1.82, 2.24) is 4.57 Å². The van der Waals surface area contributed by atoms with Crippen molar-refractivity contribution in [2.75, 3.05) is 5.32 Å². The van der Waals surface area contributed by atoms with Crippen LogP contribution in [0.3, 0.4) is 0 Å². The molecule has 7 nitrogen and oxygen atoms in total. The van der Waals surface area contributed by atoms with E-state index in [2.05, 4.69) is 16.8 Å². The van der Waals surface area contributed by atoms with Gasteiger partial charge in [-0.2, -0.15) is 5.26 Å². The number of anilines is 1. The zero-order valence-electron chi connectivity index (χ0n) is 14.9. The van der Waals surface area contributed by atoms with Crippen LogP contribution in [0.2, 0.25) is 0 Å². The zero-order valence-corrected chi connectivity index (χ0v) is 14.9. The Morgan fingerprint density at radius 1 is 1.35 bits per heavy atom. The number of aryl methyl sites for hydroxylation is 1. The van der Waals surface area contributed by atoms with Crippen molar-refractivity contribution in [3.8, 4) is 6.07 Å². The number of carbonyl (C=O) groups excluding carboxylic acids is 1. The molecule has 0 bridgehead atoms. The van der Waals surface area contributed by atoms with Gasteiger partial charge in [0, 0.05) is 35.8 Å². The third-order valence-corrected chi connectivity index (χ3v) is 4.06. The molecule has 1 heterocycles. The summed E-state index contributed by atoms with van der Waals surface area (Å²) in [5, 5.41) is 22.6. The highest BCUT2D eigenvalue weighted by Gasteiger charge is 2.13. The second-order valence-electron chi connectivity index (χ2n) is 5.91. The minimum Gasteiger partial charge on any atom is -0.349 e. The highest BCUT2D eigenvalue weighted by atomic mass is 16.6. The van der Waals surface area contributed by atoms with Crippen LogP contribution >= 0.6 is 0 Å². The van der Waals surface area contributed by atoms with Crippen molar-refractivity contribution in [3.63, 3.8) is 0 Å². The number of nitriles is 1. The summed E-state index contributed by atoms with van der Waals surface area (Å²) in [6.07, 6.45) is 2.56. The third-order valence-electron chi connectivity index (χ3n) is 4.06. The molecule has 0 fully saturated rings.